The number of carbonyl (C=O) groups is 3. The Morgan fingerprint density at radius 1 is 0.242 bits per heavy atom. The fourth-order valence-corrected chi connectivity index (χ4v) is 13.6. The second kappa shape index (κ2) is 120. The number of carbonyl (C=O) groups excluding carboxylic acids is 2. The third-order valence-corrected chi connectivity index (χ3v) is 21.3. The van der Waals surface area contributed by atoms with Crippen molar-refractivity contribution >= 4 is 27.9 Å². The molecule has 0 fully saturated rings. The van der Waals surface area contributed by atoms with Crippen LogP contribution in [0.4, 0.5) is 0 Å². The number of Topliss-reactive ketones (excluding diaryl/α,β-unsaturated/α-hetero) is 2. The highest BCUT2D eigenvalue weighted by molar-refractivity contribution is 7.79. The Bertz CT molecular complexity index is 2470. The SMILES string of the molecule is CCCCC/C=C\C/C=C\CCCCCCCC(=O)C(O)CCCCCCC/C=C\C/C=C\CCCCC.CCCCC/C=C\C/C=C\CCCCCCCC(=O)O.CCCCC/C=C\C/C=C\CCCCCCCC(C)=O.CCCCC/C=C\C/C=C\CCCCCCCC(O)C(O)CCCCCCC/C=C\C/C=C\CCCCC.CCO.O=S(=O)(O)O. The van der Waals surface area contributed by atoms with E-state index in [0.717, 1.165) is 141 Å². The van der Waals surface area contributed by atoms with Crippen molar-refractivity contribution < 1.29 is 57.4 Å². The van der Waals surface area contributed by atoms with Crippen molar-refractivity contribution in [1.29, 1.82) is 0 Å². The van der Waals surface area contributed by atoms with Crippen LogP contribution in [0.25, 0.3) is 0 Å². The molecule has 0 aromatic heterocycles. The third-order valence-electron chi connectivity index (χ3n) is 21.3. The summed E-state index contributed by atoms with van der Waals surface area (Å²) in [6.45, 7) is 17.1. The topological polar surface area (TPSA) is 227 Å². The predicted molar refractivity (Wildman–Crippen MR) is 544 cm³/mol. The number of aliphatic hydroxyl groups excluding tert-OH is 4. The van der Waals surface area contributed by atoms with E-state index in [4.69, 9.17) is 27.7 Å². The lowest BCUT2D eigenvalue weighted by Crippen LogP contribution is -2.25. The summed E-state index contributed by atoms with van der Waals surface area (Å²) in [5.41, 5.74) is 0. The van der Waals surface area contributed by atoms with Gasteiger partial charge < -0.3 is 30.3 Å². The fraction of sp³-hybridized carbons (Fsp3) is 0.757. The summed E-state index contributed by atoms with van der Waals surface area (Å²) in [7, 11) is -4.67. The first-order valence-electron chi connectivity index (χ1n) is 51.8. The molecule has 0 radical (unpaired) electrons. The quantitative estimate of drug-likeness (QED) is 0.0171. The highest BCUT2D eigenvalue weighted by atomic mass is 32.3. The van der Waals surface area contributed by atoms with Gasteiger partial charge in [-0.05, 0) is 245 Å². The Morgan fingerprint density at radius 2 is 0.403 bits per heavy atom. The van der Waals surface area contributed by atoms with E-state index in [-0.39, 0.29) is 12.4 Å². The Balaban J connectivity index is -0.000000376. The minimum Gasteiger partial charge on any atom is -0.481 e. The minimum absolute atomic E-state index is 0.0558. The Kier molecular flexibility index (Phi) is 126. The third kappa shape index (κ3) is 143. The second-order valence-electron chi connectivity index (χ2n) is 34.0. The van der Waals surface area contributed by atoms with Crippen molar-refractivity contribution in [3.63, 3.8) is 0 Å². The van der Waals surface area contributed by atoms with Crippen LogP contribution in [0.3, 0.4) is 0 Å². The van der Waals surface area contributed by atoms with Crippen LogP contribution in [0.2, 0.25) is 0 Å². The monoisotopic (exact) mass is 1760 g/mol. The average molecular weight is 1760 g/mol. The minimum atomic E-state index is -4.67. The van der Waals surface area contributed by atoms with Crippen LogP contribution < -0.4 is 0 Å². The van der Waals surface area contributed by atoms with Crippen LogP contribution in [0.15, 0.2) is 146 Å². The van der Waals surface area contributed by atoms with E-state index in [9.17, 15) is 29.7 Å². The van der Waals surface area contributed by atoms with Gasteiger partial charge in [0.25, 0.3) is 0 Å². The number of aliphatic carboxylic acids is 1. The van der Waals surface area contributed by atoms with Gasteiger partial charge >= 0.3 is 16.4 Å². The number of carboxylic acid groups (broad SMARTS) is 1. The van der Waals surface area contributed by atoms with Gasteiger partial charge in [-0.15, -0.1) is 0 Å². The number of carboxylic acids is 1. The zero-order chi connectivity index (χ0) is 92.6. The Hall–Kier alpha value is -4.60. The Morgan fingerprint density at radius 3 is 0.597 bits per heavy atom. The van der Waals surface area contributed by atoms with Crippen molar-refractivity contribution in [3.8, 4) is 0 Å². The molecule has 0 aliphatic heterocycles. The summed E-state index contributed by atoms with van der Waals surface area (Å²) in [4.78, 5) is 33.3. The maximum Gasteiger partial charge on any atom is 0.394 e. The molecule has 0 spiro atoms. The van der Waals surface area contributed by atoms with Gasteiger partial charge in [-0.1, -0.05) is 399 Å². The molecule has 0 heterocycles. The van der Waals surface area contributed by atoms with Crippen LogP contribution in [0.5, 0.6) is 0 Å². The second-order valence-corrected chi connectivity index (χ2v) is 34.9. The molecule has 0 aromatic rings. The lowest BCUT2D eigenvalue weighted by atomic mass is 9.99. The molecule has 0 amide bonds. The van der Waals surface area contributed by atoms with Gasteiger partial charge in [0.2, 0.25) is 0 Å². The summed E-state index contributed by atoms with van der Waals surface area (Å²) in [6, 6.07) is 0. The summed E-state index contributed by atoms with van der Waals surface area (Å²) in [5.74, 6) is -0.286. The lowest BCUT2D eigenvalue weighted by Gasteiger charge is -2.17. The van der Waals surface area contributed by atoms with Gasteiger partial charge in [0, 0.05) is 25.9 Å². The van der Waals surface area contributed by atoms with Gasteiger partial charge in [-0.2, -0.15) is 8.42 Å². The van der Waals surface area contributed by atoms with Crippen molar-refractivity contribution in [2.75, 3.05) is 6.61 Å². The zero-order valence-corrected chi connectivity index (χ0v) is 83.1. The first-order valence-corrected chi connectivity index (χ1v) is 53.2. The van der Waals surface area contributed by atoms with Gasteiger partial charge in [-0.25, -0.2) is 0 Å². The van der Waals surface area contributed by atoms with Crippen molar-refractivity contribution in [2.45, 2.75) is 536 Å². The molecule has 0 aliphatic carbocycles. The number of ketones is 2. The number of aliphatic hydroxyl groups is 4. The average Bonchev–Trinajstić information content (AvgIpc) is 0.979. The molecule has 3 atom stereocenters. The van der Waals surface area contributed by atoms with Crippen molar-refractivity contribution in [3.05, 3.63) is 146 Å². The zero-order valence-electron chi connectivity index (χ0n) is 82.3. The first kappa shape index (κ1) is 130. The number of unbranched alkanes of at least 4 members (excludes halogenated alkanes) is 48. The van der Waals surface area contributed by atoms with Gasteiger partial charge in [0.15, 0.2) is 5.78 Å². The fourth-order valence-electron chi connectivity index (χ4n) is 13.6. The first-order chi connectivity index (χ1) is 60.4. The van der Waals surface area contributed by atoms with E-state index >= 15 is 0 Å². The van der Waals surface area contributed by atoms with Gasteiger partial charge in [0.1, 0.15) is 11.9 Å². The molecule has 124 heavy (non-hydrogen) atoms. The van der Waals surface area contributed by atoms with E-state index < -0.39 is 34.7 Å². The summed E-state index contributed by atoms with van der Waals surface area (Å²) in [6.07, 6.45) is 137. The van der Waals surface area contributed by atoms with Crippen LogP contribution in [-0.4, -0.2) is 85.5 Å². The summed E-state index contributed by atoms with van der Waals surface area (Å²) in [5, 5.41) is 46.8. The maximum atomic E-state index is 12.2. The molecule has 0 saturated carbocycles. The lowest BCUT2D eigenvalue weighted by molar-refractivity contribution is -0.137. The molecule has 0 bridgehead atoms. The van der Waals surface area contributed by atoms with E-state index in [1.807, 2.05) is 0 Å². The van der Waals surface area contributed by atoms with Gasteiger partial charge in [-0.3, -0.25) is 18.7 Å². The number of rotatable bonds is 86. The van der Waals surface area contributed by atoms with Gasteiger partial charge in [0.05, 0.1) is 12.2 Å². The largest absolute Gasteiger partial charge is 0.481 e. The summed E-state index contributed by atoms with van der Waals surface area (Å²) >= 11 is 0. The molecular formula is C111H204O12S. The standard InChI is InChI=1S/C36H66O2.C36H64O2.C19H34O.C18H32O2.C2H6O.H2O4S/c2*1-3-5-7-9-11-13-15-17-19-21-23-25-27-29-31-33-35(37)36(38)34-32-30-28-26-24-22-20-18-16-14-12-10-8-6-4-2;1-3-4-5-6-7-8-9-10-11-12-13-14-15-16-17-18-19(2)20;1-2-3-4-5-6-7-8-9-10-11-12-13-14-15-16-17-18(19)20;1-2-3;1-5(2,3)4/h11-14,17-20,35-38H,3-10,15-16,21-34H2,1-2H3;11-14,17-20,35,37H,3-10,15-16,21-34H2,1-2H3;7-8,10-11H,3-6,9,12-18H2,1-2H3;6-7,9-10H,2-5,8,11-17H2,1H3,(H,19,20);3H,2H2,1H3;(H2,1,2,3,4)/b2*13-11-,14-12-,19-17-,20-18-;8-7-,11-10-;7-6-,10-9-;;. The smallest absolute Gasteiger partial charge is 0.394 e. The van der Waals surface area contributed by atoms with E-state index in [0.29, 0.717) is 25.0 Å². The van der Waals surface area contributed by atoms with Crippen LogP contribution in [-0.2, 0) is 24.8 Å². The molecule has 0 aromatic carbocycles. The molecule has 7 N–H and O–H groups in total. The highest BCUT2D eigenvalue weighted by Gasteiger charge is 2.16. The molecular weight excluding hydrogens is 1560 g/mol. The van der Waals surface area contributed by atoms with Crippen molar-refractivity contribution in [1.82, 2.24) is 0 Å². The molecule has 0 rings (SSSR count). The Labute approximate surface area is 769 Å². The number of allylic oxidation sites excluding steroid dienone is 24. The number of hydrogen-bond acceptors (Lipinski definition) is 9. The maximum absolute atomic E-state index is 12.2. The molecule has 726 valence electrons. The van der Waals surface area contributed by atoms with Crippen LogP contribution in [0, 0.1) is 0 Å². The predicted octanol–water partition coefficient (Wildman–Crippen LogP) is 34.5. The van der Waals surface area contributed by atoms with E-state index in [1.54, 1.807) is 13.8 Å². The van der Waals surface area contributed by atoms with E-state index in [1.165, 1.54) is 302 Å². The molecule has 0 aliphatic rings. The van der Waals surface area contributed by atoms with Crippen LogP contribution >= 0.6 is 0 Å². The molecule has 13 heteroatoms. The number of hydrogen-bond donors (Lipinski definition) is 7. The highest BCUT2D eigenvalue weighted by Crippen LogP contribution is 2.19. The molecule has 12 nitrogen and oxygen atoms in total. The molecule has 3 unspecified atom stereocenters. The van der Waals surface area contributed by atoms with Crippen molar-refractivity contribution in [2.24, 2.45) is 0 Å². The normalized spacial score (nSPS) is 12.7. The molecule has 0 saturated heterocycles. The summed E-state index contributed by atoms with van der Waals surface area (Å²) < 4.78 is 31.6. The van der Waals surface area contributed by atoms with E-state index in [2.05, 4.69) is 187 Å². The van der Waals surface area contributed by atoms with Crippen LogP contribution in [0.1, 0.15) is 518 Å².